The molecule has 1 N–H and O–H groups in total. The fourth-order valence-corrected chi connectivity index (χ4v) is 1.90. The third-order valence-corrected chi connectivity index (χ3v) is 3.11. The van der Waals surface area contributed by atoms with Crippen LogP contribution in [0.3, 0.4) is 0 Å². The molecule has 4 heteroatoms. The summed E-state index contributed by atoms with van der Waals surface area (Å²) in [6.07, 6.45) is 1.13. The molecule has 1 fully saturated rings. The van der Waals surface area contributed by atoms with Gasteiger partial charge in [0, 0.05) is 25.0 Å². The lowest BCUT2D eigenvalue weighted by molar-refractivity contribution is -0.0983. The summed E-state index contributed by atoms with van der Waals surface area (Å²) >= 11 is 0. The van der Waals surface area contributed by atoms with Crippen LogP contribution in [0, 0.1) is 19.8 Å². The van der Waals surface area contributed by atoms with Gasteiger partial charge in [0.1, 0.15) is 0 Å². The summed E-state index contributed by atoms with van der Waals surface area (Å²) in [6, 6.07) is 0. The molecule has 1 aromatic heterocycles. The van der Waals surface area contributed by atoms with Gasteiger partial charge in [-0.05, 0) is 25.0 Å². The van der Waals surface area contributed by atoms with Crippen molar-refractivity contribution >= 4 is 5.78 Å². The van der Waals surface area contributed by atoms with Crippen molar-refractivity contribution in [2.24, 2.45) is 5.92 Å². The fraction of sp³-hybridized carbons (Fsp3) is 0.545. The Morgan fingerprint density at radius 2 is 2.07 bits per heavy atom. The molecule has 1 saturated carbocycles. The highest BCUT2D eigenvalue weighted by Gasteiger charge is 2.49. The van der Waals surface area contributed by atoms with Crippen LogP contribution in [-0.2, 0) is 0 Å². The van der Waals surface area contributed by atoms with Crippen LogP contribution in [0.25, 0.3) is 0 Å². The van der Waals surface area contributed by atoms with E-state index in [9.17, 15) is 13.6 Å². The van der Waals surface area contributed by atoms with Crippen molar-refractivity contribution in [3.05, 3.63) is 23.0 Å². The highest BCUT2D eigenvalue weighted by atomic mass is 19.3. The van der Waals surface area contributed by atoms with Crippen LogP contribution < -0.4 is 0 Å². The normalized spacial score (nSPS) is 20.0. The number of H-pyrrole nitrogens is 1. The predicted octanol–water partition coefficient (Wildman–Crippen LogP) is 2.86. The standard InChI is InChI=1S/C11H13F2NO/c1-6-5-14-9(7(6)2)10(15)8-3-11(12,13)4-8/h5,8,14H,3-4H2,1-2H3. The number of carbonyl (C=O) groups excluding carboxylic acids is 1. The van der Waals surface area contributed by atoms with E-state index in [-0.39, 0.29) is 18.6 Å². The summed E-state index contributed by atoms with van der Waals surface area (Å²) in [4.78, 5) is 14.6. The quantitative estimate of drug-likeness (QED) is 0.753. The number of hydrogen-bond acceptors (Lipinski definition) is 1. The minimum atomic E-state index is -2.63. The maximum absolute atomic E-state index is 12.6. The van der Waals surface area contributed by atoms with Crippen molar-refractivity contribution in [3.63, 3.8) is 0 Å². The number of aryl methyl sites for hydroxylation is 1. The first-order valence-electron chi connectivity index (χ1n) is 4.97. The molecular weight excluding hydrogens is 200 g/mol. The topological polar surface area (TPSA) is 32.9 Å². The Morgan fingerprint density at radius 3 is 2.47 bits per heavy atom. The molecule has 1 aromatic rings. The smallest absolute Gasteiger partial charge is 0.249 e. The molecule has 1 aliphatic carbocycles. The minimum Gasteiger partial charge on any atom is -0.358 e. The molecule has 0 bridgehead atoms. The van der Waals surface area contributed by atoms with Crippen molar-refractivity contribution in [2.45, 2.75) is 32.6 Å². The van der Waals surface area contributed by atoms with Gasteiger partial charge in [-0.25, -0.2) is 8.78 Å². The Hall–Kier alpha value is -1.19. The van der Waals surface area contributed by atoms with Gasteiger partial charge in [-0.1, -0.05) is 0 Å². The zero-order valence-corrected chi connectivity index (χ0v) is 8.73. The molecule has 82 valence electrons. The maximum atomic E-state index is 12.6. The molecule has 2 nitrogen and oxygen atoms in total. The van der Waals surface area contributed by atoms with Crippen molar-refractivity contribution in [3.8, 4) is 0 Å². The average Bonchev–Trinajstić information content (AvgIpc) is 2.43. The van der Waals surface area contributed by atoms with Crippen LogP contribution in [0.5, 0.6) is 0 Å². The Balaban J connectivity index is 2.13. The Kier molecular flexibility index (Phi) is 2.17. The van der Waals surface area contributed by atoms with Gasteiger partial charge in [0.15, 0.2) is 5.78 Å². The lowest BCUT2D eigenvalue weighted by atomic mass is 9.77. The van der Waals surface area contributed by atoms with E-state index in [1.807, 2.05) is 13.8 Å². The van der Waals surface area contributed by atoms with E-state index in [2.05, 4.69) is 4.98 Å². The molecule has 0 atom stereocenters. The molecule has 15 heavy (non-hydrogen) atoms. The van der Waals surface area contributed by atoms with Crippen LogP contribution in [0.2, 0.25) is 0 Å². The summed E-state index contributed by atoms with van der Waals surface area (Å²) < 4.78 is 25.2. The van der Waals surface area contributed by atoms with E-state index >= 15 is 0 Å². The summed E-state index contributed by atoms with van der Waals surface area (Å²) in [7, 11) is 0. The summed E-state index contributed by atoms with van der Waals surface area (Å²) in [5, 5.41) is 0. The lowest BCUT2D eigenvalue weighted by Crippen LogP contribution is -2.40. The van der Waals surface area contributed by atoms with Crippen molar-refractivity contribution < 1.29 is 13.6 Å². The average molecular weight is 213 g/mol. The summed E-state index contributed by atoms with van der Waals surface area (Å²) in [6.45, 7) is 3.72. The van der Waals surface area contributed by atoms with E-state index < -0.39 is 11.8 Å². The predicted molar refractivity (Wildman–Crippen MR) is 52.3 cm³/mol. The van der Waals surface area contributed by atoms with Crippen molar-refractivity contribution in [1.29, 1.82) is 0 Å². The minimum absolute atomic E-state index is 0.175. The number of alkyl halides is 2. The molecule has 0 radical (unpaired) electrons. The monoisotopic (exact) mass is 213 g/mol. The van der Waals surface area contributed by atoms with Gasteiger partial charge in [-0.3, -0.25) is 4.79 Å². The van der Waals surface area contributed by atoms with Gasteiger partial charge >= 0.3 is 0 Å². The highest BCUT2D eigenvalue weighted by Crippen LogP contribution is 2.43. The van der Waals surface area contributed by atoms with E-state index in [1.54, 1.807) is 6.20 Å². The molecule has 2 rings (SSSR count). The summed E-state index contributed by atoms with van der Waals surface area (Å²) in [5.74, 6) is -3.31. The maximum Gasteiger partial charge on any atom is 0.249 e. The van der Waals surface area contributed by atoms with Gasteiger partial charge < -0.3 is 4.98 Å². The molecule has 0 aromatic carbocycles. The molecule has 1 aliphatic rings. The number of carbonyl (C=O) groups is 1. The first-order valence-corrected chi connectivity index (χ1v) is 4.97. The lowest BCUT2D eigenvalue weighted by Gasteiger charge is -2.33. The Morgan fingerprint density at radius 1 is 1.47 bits per heavy atom. The number of aromatic amines is 1. The number of aromatic nitrogens is 1. The van der Waals surface area contributed by atoms with Crippen molar-refractivity contribution in [2.75, 3.05) is 0 Å². The van der Waals surface area contributed by atoms with Gasteiger partial charge in [-0.2, -0.15) is 0 Å². The van der Waals surface area contributed by atoms with Gasteiger partial charge in [0.2, 0.25) is 5.92 Å². The van der Waals surface area contributed by atoms with E-state index in [0.29, 0.717) is 5.69 Å². The SMILES string of the molecule is Cc1c[nH]c(C(=O)C2CC(F)(F)C2)c1C. The zero-order chi connectivity index (χ0) is 11.2. The second-order valence-corrected chi connectivity index (χ2v) is 4.30. The third-order valence-electron chi connectivity index (χ3n) is 3.11. The van der Waals surface area contributed by atoms with E-state index in [0.717, 1.165) is 11.1 Å². The third kappa shape index (κ3) is 1.68. The number of Topliss-reactive ketones (excluding diaryl/α,β-unsaturated/α-hetero) is 1. The largest absolute Gasteiger partial charge is 0.358 e. The molecular formula is C11H13F2NO. The number of halogens is 2. The van der Waals surface area contributed by atoms with Crippen LogP contribution in [-0.4, -0.2) is 16.7 Å². The molecule has 1 heterocycles. The number of nitrogens with one attached hydrogen (secondary N) is 1. The van der Waals surface area contributed by atoms with E-state index in [4.69, 9.17) is 0 Å². The van der Waals surface area contributed by atoms with Crippen LogP contribution in [0.1, 0.15) is 34.5 Å². The molecule has 0 amide bonds. The molecule has 0 spiro atoms. The molecule has 0 saturated heterocycles. The van der Waals surface area contributed by atoms with Crippen molar-refractivity contribution in [1.82, 2.24) is 4.98 Å². The zero-order valence-electron chi connectivity index (χ0n) is 8.73. The number of ketones is 1. The Bertz CT molecular complexity index is 401. The second kappa shape index (κ2) is 3.15. The first-order chi connectivity index (χ1) is 6.91. The second-order valence-electron chi connectivity index (χ2n) is 4.30. The van der Waals surface area contributed by atoms with Crippen LogP contribution in [0.4, 0.5) is 8.78 Å². The highest BCUT2D eigenvalue weighted by molar-refractivity contribution is 5.98. The first kappa shape index (κ1) is 10.3. The fourth-order valence-electron chi connectivity index (χ4n) is 1.90. The Labute approximate surface area is 86.7 Å². The van der Waals surface area contributed by atoms with Gasteiger partial charge in [0.05, 0.1) is 5.69 Å². The van der Waals surface area contributed by atoms with Gasteiger partial charge in [-0.15, -0.1) is 0 Å². The van der Waals surface area contributed by atoms with Crippen LogP contribution in [0.15, 0.2) is 6.20 Å². The molecule has 0 aliphatic heterocycles. The number of rotatable bonds is 2. The molecule has 0 unspecified atom stereocenters. The van der Waals surface area contributed by atoms with E-state index in [1.165, 1.54) is 0 Å². The van der Waals surface area contributed by atoms with Crippen LogP contribution >= 0.6 is 0 Å². The number of hydrogen-bond donors (Lipinski definition) is 1. The van der Waals surface area contributed by atoms with Gasteiger partial charge in [0.25, 0.3) is 0 Å². The summed E-state index contributed by atoms with van der Waals surface area (Å²) in [5.41, 5.74) is 2.35.